The summed E-state index contributed by atoms with van der Waals surface area (Å²) in [7, 11) is 0. The van der Waals surface area contributed by atoms with E-state index in [-0.39, 0.29) is 5.69 Å². The minimum atomic E-state index is -0.405. The van der Waals surface area contributed by atoms with Crippen LogP contribution >= 0.6 is 11.8 Å². The van der Waals surface area contributed by atoms with Crippen molar-refractivity contribution in [3.63, 3.8) is 0 Å². The van der Waals surface area contributed by atoms with Gasteiger partial charge in [-0.1, -0.05) is 41.6 Å². The largest absolute Gasteiger partial charge is 0.270 e. The molecule has 1 heterocycles. The van der Waals surface area contributed by atoms with Crippen LogP contribution in [-0.4, -0.2) is 21.6 Å². The van der Waals surface area contributed by atoms with Gasteiger partial charge in [-0.2, -0.15) is 5.10 Å². The third-order valence-electron chi connectivity index (χ3n) is 3.29. The van der Waals surface area contributed by atoms with Crippen LogP contribution in [-0.2, 0) is 0 Å². The molecule has 1 N–H and O–H groups in total. The molecular formula is C16H14N4O2S. The van der Waals surface area contributed by atoms with Crippen molar-refractivity contribution in [2.45, 2.75) is 6.92 Å². The van der Waals surface area contributed by atoms with E-state index in [0.29, 0.717) is 10.9 Å². The van der Waals surface area contributed by atoms with Gasteiger partial charge in [-0.25, -0.2) is 4.99 Å². The van der Waals surface area contributed by atoms with Crippen LogP contribution in [0.3, 0.4) is 0 Å². The highest BCUT2D eigenvalue weighted by Crippen LogP contribution is 2.20. The van der Waals surface area contributed by atoms with Gasteiger partial charge in [0.05, 0.1) is 16.3 Å². The molecular weight excluding hydrogens is 312 g/mol. The van der Waals surface area contributed by atoms with E-state index in [0.717, 1.165) is 17.0 Å². The molecule has 2 aromatic rings. The average molecular weight is 326 g/mol. The molecule has 0 bridgehead atoms. The predicted molar refractivity (Wildman–Crippen MR) is 93.5 cm³/mol. The number of hydrogen-bond acceptors (Lipinski definition) is 5. The second kappa shape index (κ2) is 6.62. The summed E-state index contributed by atoms with van der Waals surface area (Å²) in [4.78, 5) is 14.9. The van der Waals surface area contributed by atoms with E-state index in [1.54, 1.807) is 6.07 Å². The van der Waals surface area contributed by atoms with Gasteiger partial charge in [0.25, 0.3) is 5.69 Å². The van der Waals surface area contributed by atoms with Crippen molar-refractivity contribution in [3.05, 3.63) is 69.8 Å². The number of nitrogens with zero attached hydrogens (tertiary/aromatic N) is 3. The fourth-order valence-corrected chi connectivity index (χ4v) is 2.84. The van der Waals surface area contributed by atoms with E-state index < -0.39 is 4.92 Å². The molecule has 0 saturated carbocycles. The predicted octanol–water partition coefficient (Wildman–Crippen LogP) is 3.63. The SMILES string of the molecule is Cc1ccc(N=C2NN=C(c3cccc([N+](=O)[O-])c3)CS2)cc1. The van der Waals surface area contributed by atoms with Crippen molar-refractivity contribution in [3.8, 4) is 0 Å². The smallest absolute Gasteiger partial charge is 0.258 e. The van der Waals surface area contributed by atoms with Crippen molar-refractivity contribution in [2.24, 2.45) is 10.1 Å². The van der Waals surface area contributed by atoms with Crippen molar-refractivity contribution in [1.29, 1.82) is 0 Å². The Hall–Kier alpha value is -2.67. The lowest BCUT2D eigenvalue weighted by atomic mass is 10.1. The number of non-ortho nitro benzene ring substituents is 1. The number of nitrogens with one attached hydrogen (secondary N) is 1. The maximum Gasteiger partial charge on any atom is 0.270 e. The number of aryl methyl sites for hydroxylation is 1. The molecule has 3 rings (SSSR count). The number of hydrogen-bond donors (Lipinski definition) is 1. The molecule has 0 fully saturated rings. The van der Waals surface area contributed by atoms with Crippen LogP contribution in [0.4, 0.5) is 11.4 Å². The first kappa shape index (κ1) is 15.2. The third kappa shape index (κ3) is 3.75. The van der Waals surface area contributed by atoms with Gasteiger partial charge in [0.15, 0.2) is 5.17 Å². The van der Waals surface area contributed by atoms with E-state index in [1.807, 2.05) is 37.3 Å². The quantitative estimate of drug-likeness (QED) is 0.690. The number of nitro benzene ring substituents is 1. The molecule has 6 nitrogen and oxygen atoms in total. The minimum absolute atomic E-state index is 0.0642. The molecule has 7 heteroatoms. The van der Waals surface area contributed by atoms with Crippen LogP contribution in [0.15, 0.2) is 58.6 Å². The summed E-state index contributed by atoms with van der Waals surface area (Å²) in [6, 6.07) is 14.4. The molecule has 23 heavy (non-hydrogen) atoms. The van der Waals surface area contributed by atoms with Crippen LogP contribution in [0.1, 0.15) is 11.1 Å². The Balaban J connectivity index is 1.77. The number of benzene rings is 2. The maximum atomic E-state index is 10.8. The standard InChI is InChI=1S/C16H14N4O2S/c1-11-5-7-13(8-6-11)17-16-19-18-15(10-23-16)12-3-2-4-14(9-12)20(21)22/h2-9H,10H2,1H3,(H,17,19). The molecule has 0 aromatic heterocycles. The van der Waals surface area contributed by atoms with E-state index in [2.05, 4.69) is 15.5 Å². The van der Waals surface area contributed by atoms with Gasteiger partial charge < -0.3 is 0 Å². The van der Waals surface area contributed by atoms with Gasteiger partial charge in [0.1, 0.15) is 0 Å². The zero-order chi connectivity index (χ0) is 16.2. The second-order valence-electron chi connectivity index (χ2n) is 5.02. The normalized spacial score (nSPS) is 15.9. The molecule has 2 aromatic carbocycles. The molecule has 0 unspecified atom stereocenters. The summed E-state index contributed by atoms with van der Waals surface area (Å²) >= 11 is 1.52. The summed E-state index contributed by atoms with van der Waals surface area (Å²) in [5.74, 6) is 0.610. The third-order valence-corrected chi connectivity index (χ3v) is 4.16. The fraction of sp³-hybridized carbons (Fsp3) is 0.125. The summed E-state index contributed by atoms with van der Waals surface area (Å²) in [6.45, 7) is 2.03. The molecule has 0 spiro atoms. The highest BCUT2D eigenvalue weighted by molar-refractivity contribution is 8.14. The molecule has 1 aliphatic rings. The Labute approximate surface area is 137 Å². The maximum absolute atomic E-state index is 10.8. The summed E-state index contributed by atoms with van der Waals surface area (Å²) in [5, 5.41) is 15.8. The first-order valence-corrected chi connectivity index (χ1v) is 7.96. The zero-order valence-corrected chi connectivity index (χ0v) is 13.2. The highest BCUT2D eigenvalue weighted by Gasteiger charge is 2.15. The van der Waals surface area contributed by atoms with Crippen LogP contribution in [0, 0.1) is 17.0 Å². The lowest BCUT2D eigenvalue weighted by molar-refractivity contribution is -0.384. The van der Waals surface area contributed by atoms with Crippen LogP contribution < -0.4 is 5.43 Å². The molecule has 0 aliphatic carbocycles. The van der Waals surface area contributed by atoms with Crippen molar-refractivity contribution in [2.75, 3.05) is 5.75 Å². The number of rotatable bonds is 3. The molecule has 0 saturated heterocycles. The lowest BCUT2D eigenvalue weighted by Crippen LogP contribution is -2.25. The summed E-state index contributed by atoms with van der Waals surface area (Å²) < 4.78 is 0. The van der Waals surface area contributed by atoms with Gasteiger partial charge in [0.2, 0.25) is 0 Å². The summed E-state index contributed by atoms with van der Waals surface area (Å²) in [5.41, 5.74) is 6.53. The monoisotopic (exact) mass is 326 g/mol. The second-order valence-corrected chi connectivity index (χ2v) is 5.98. The fourth-order valence-electron chi connectivity index (χ4n) is 2.06. The van der Waals surface area contributed by atoms with Crippen molar-refractivity contribution in [1.82, 2.24) is 5.43 Å². The van der Waals surface area contributed by atoms with Crippen LogP contribution in [0.5, 0.6) is 0 Å². The first-order chi connectivity index (χ1) is 11.1. The molecule has 0 radical (unpaired) electrons. The Morgan fingerprint density at radius 1 is 1.26 bits per heavy atom. The number of aliphatic imine (C=N–C) groups is 1. The Bertz CT molecular complexity index is 800. The number of amidine groups is 1. The molecule has 116 valence electrons. The van der Waals surface area contributed by atoms with Crippen molar-refractivity contribution >= 4 is 34.0 Å². The van der Waals surface area contributed by atoms with Crippen molar-refractivity contribution < 1.29 is 4.92 Å². The topological polar surface area (TPSA) is 79.9 Å². The first-order valence-electron chi connectivity index (χ1n) is 6.97. The Morgan fingerprint density at radius 3 is 2.70 bits per heavy atom. The number of nitro groups is 1. The van der Waals surface area contributed by atoms with E-state index in [1.165, 1.54) is 29.5 Å². The van der Waals surface area contributed by atoms with Crippen LogP contribution in [0.2, 0.25) is 0 Å². The Morgan fingerprint density at radius 2 is 2.04 bits per heavy atom. The van der Waals surface area contributed by atoms with E-state index >= 15 is 0 Å². The highest BCUT2D eigenvalue weighted by atomic mass is 32.2. The number of thioether (sulfide) groups is 1. The molecule has 0 amide bonds. The van der Waals surface area contributed by atoms with E-state index in [9.17, 15) is 10.1 Å². The average Bonchev–Trinajstić information content (AvgIpc) is 2.58. The summed E-state index contributed by atoms with van der Waals surface area (Å²) in [6.07, 6.45) is 0. The van der Waals surface area contributed by atoms with E-state index in [4.69, 9.17) is 0 Å². The van der Waals surface area contributed by atoms with Gasteiger partial charge in [-0.3, -0.25) is 15.5 Å². The van der Waals surface area contributed by atoms with Gasteiger partial charge in [0, 0.05) is 23.4 Å². The Kier molecular flexibility index (Phi) is 4.38. The van der Waals surface area contributed by atoms with Gasteiger partial charge in [-0.05, 0) is 19.1 Å². The number of hydrazone groups is 1. The lowest BCUT2D eigenvalue weighted by Gasteiger charge is -2.14. The molecule has 1 aliphatic heterocycles. The zero-order valence-electron chi connectivity index (χ0n) is 12.4. The van der Waals surface area contributed by atoms with Gasteiger partial charge in [-0.15, -0.1) is 0 Å². The van der Waals surface area contributed by atoms with Crippen LogP contribution in [0.25, 0.3) is 0 Å². The minimum Gasteiger partial charge on any atom is -0.258 e. The van der Waals surface area contributed by atoms with Gasteiger partial charge >= 0.3 is 0 Å². The molecule has 0 atom stereocenters.